The highest BCUT2D eigenvalue weighted by molar-refractivity contribution is 6.03. The van der Waals surface area contributed by atoms with Crippen molar-refractivity contribution in [3.05, 3.63) is 47.4 Å². The molecule has 2 heterocycles. The van der Waals surface area contributed by atoms with Crippen molar-refractivity contribution in [2.45, 2.75) is 33.1 Å². The smallest absolute Gasteiger partial charge is 0.275 e. The van der Waals surface area contributed by atoms with Crippen LogP contribution in [-0.2, 0) is 0 Å². The predicted octanol–water partition coefficient (Wildman–Crippen LogP) is 3.34. The molecular weight excluding hydrogens is 288 g/mol. The fourth-order valence-electron chi connectivity index (χ4n) is 2.80. The van der Waals surface area contributed by atoms with Crippen LogP contribution in [0.1, 0.15) is 40.9 Å². The topological polar surface area (TPSA) is 58.1 Å². The molecule has 120 valence electrons. The van der Waals surface area contributed by atoms with Gasteiger partial charge in [-0.05, 0) is 50.3 Å². The molecule has 0 radical (unpaired) electrons. The zero-order chi connectivity index (χ0) is 16.2. The van der Waals surface area contributed by atoms with Crippen LogP contribution in [0.25, 0.3) is 0 Å². The van der Waals surface area contributed by atoms with Crippen molar-refractivity contribution in [3.63, 3.8) is 0 Å². The van der Waals surface area contributed by atoms with Crippen molar-refractivity contribution in [1.82, 2.24) is 9.97 Å². The van der Waals surface area contributed by atoms with Crippen LogP contribution in [-0.4, -0.2) is 29.0 Å². The summed E-state index contributed by atoms with van der Waals surface area (Å²) in [5, 5.41) is 2.91. The van der Waals surface area contributed by atoms with Gasteiger partial charge in [0.2, 0.25) is 0 Å². The molecule has 23 heavy (non-hydrogen) atoms. The Bertz CT molecular complexity index is 691. The normalized spacial score (nSPS) is 14.6. The number of aryl methyl sites for hydroxylation is 1. The highest BCUT2D eigenvalue weighted by atomic mass is 16.1. The number of carbonyl (C=O) groups is 1. The van der Waals surface area contributed by atoms with Gasteiger partial charge in [0.05, 0.1) is 12.4 Å². The summed E-state index contributed by atoms with van der Waals surface area (Å²) in [7, 11) is 0. The summed E-state index contributed by atoms with van der Waals surface area (Å²) in [6.45, 7) is 6.06. The predicted molar refractivity (Wildman–Crippen MR) is 92.0 cm³/mol. The number of carbonyl (C=O) groups excluding carboxylic acids is 1. The van der Waals surface area contributed by atoms with Crippen molar-refractivity contribution in [2.24, 2.45) is 0 Å². The van der Waals surface area contributed by atoms with E-state index in [0.717, 1.165) is 35.7 Å². The maximum absolute atomic E-state index is 12.3. The zero-order valence-electron chi connectivity index (χ0n) is 13.7. The molecule has 0 saturated carbocycles. The minimum Gasteiger partial charge on any atom is -0.355 e. The fourth-order valence-corrected chi connectivity index (χ4v) is 2.80. The zero-order valence-corrected chi connectivity index (χ0v) is 13.7. The Hall–Kier alpha value is -2.43. The van der Waals surface area contributed by atoms with Gasteiger partial charge in [-0.15, -0.1) is 0 Å². The first-order valence-corrected chi connectivity index (χ1v) is 8.10. The molecule has 0 bridgehead atoms. The van der Waals surface area contributed by atoms with Crippen LogP contribution < -0.4 is 10.2 Å². The summed E-state index contributed by atoms with van der Waals surface area (Å²) < 4.78 is 0. The Kier molecular flexibility index (Phi) is 4.55. The summed E-state index contributed by atoms with van der Waals surface area (Å²) in [4.78, 5) is 23.3. The monoisotopic (exact) mass is 310 g/mol. The average molecular weight is 310 g/mol. The molecule has 5 heteroatoms. The Balaban J connectivity index is 1.71. The quantitative estimate of drug-likeness (QED) is 0.944. The molecule has 5 nitrogen and oxygen atoms in total. The first-order chi connectivity index (χ1) is 11.1. The molecule has 1 saturated heterocycles. The van der Waals surface area contributed by atoms with Crippen LogP contribution in [0.5, 0.6) is 0 Å². The van der Waals surface area contributed by atoms with E-state index in [1.807, 2.05) is 32.0 Å². The number of benzene rings is 1. The summed E-state index contributed by atoms with van der Waals surface area (Å²) in [6.07, 6.45) is 6.92. The number of rotatable bonds is 3. The molecule has 2 aromatic rings. The van der Waals surface area contributed by atoms with Gasteiger partial charge in [0, 0.05) is 18.8 Å². The van der Waals surface area contributed by atoms with Crippen LogP contribution >= 0.6 is 0 Å². The molecule has 0 atom stereocenters. The maximum Gasteiger partial charge on any atom is 0.275 e. The van der Waals surface area contributed by atoms with Gasteiger partial charge in [0.25, 0.3) is 5.91 Å². The molecule has 1 aliphatic heterocycles. The second kappa shape index (κ2) is 6.77. The van der Waals surface area contributed by atoms with E-state index in [1.165, 1.54) is 19.3 Å². The van der Waals surface area contributed by atoms with E-state index >= 15 is 0 Å². The highest BCUT2D eigenvalue weighted by Crippen LogP contribution is 2.19. The maximum atomic E-state index is 12.3. The number of aromatic nitrogens is 2. The lowest BCUT2D eigenvalue weighted by atomic mass is 10.1. The lowest BCUT2D eigenvalue weighted by Crippen LogP contribution is -2.30. The lowest BCUT2D eigenvalue weighted by molar-refractivity contribution is 0.102. The van der Waals surface area contributed by atoms with Gasteiger partial charge in [-0.2, -0.15) is 0 Å². The second-order valence-corrected chi connectivity index (χ2v) is 6.01. The van der Waals surface area contributed by atoms with E-state index in [4.69, 9.17) is 0 Å². The van der Waals surface area contributed by atoms with Crippen molar-refractivity contribution in [1.29, 1.82) is 0 Å². The van der Waals surface area contributed by atoms with E-state index in [0.29, 0.717) is 5.69 Å². The number of piperidine rings is 1. The van der Waals surface area contributed by atoms with Crippen LogP contribution in [0, 0.1) is 13.8 Å². The Morgan fingerprint density at radius 3 is 2.57 bits per heavy atom. The van der Waals surface area contributed by atoms with Crippen LogP contribution in [0.3, 0.4) is 0 Å². The van der Waals surface area contributed by atoms with Gasteiger partial charge < -0.3 is 10.2 Å². The molecule has 1 amide bonds. The molecule has 0 unspecified atom stereocenters. The number of anilines is 2. The Morgan fingerprint density at radius 2 is 1.87 bits per heavy atom. The molecule has 0 spiro atoms. The summed E-state index contributed by atoms with van der Waals surface area (Å²) in [5.41, 5.74) is 3.37. The summed E-state index contributed by atoms with van der Waals surface area (Å²) >= 11 is 0. The van der Waals surface area contributed by atoms with Crippen LogP contribution in [0.4, 0.5) is 11.5 Å². The third-order valence-corrected chi connectivity index (χ3v) is 4.40. The third kappa shape index (κ3) is 3.50. The van der Waals surface area contributed by atoms with Crippen molar-refractivity contribution >= 4 is 17.4 Å². The first kappa shape index (κ1) is 15.5. The van der Waals surface area contributed by atoms with Crippen molar-refractivity contribution in [3.8, 4) is 0 Å². The van der Waals surface area contributed by atoms with E-state index in [1.54, 1.807) is 12.4 Å². The highest BCUT2D eigenvalue weighted by Gasteiger charge is 2.14. The largest absolute Gasteiger partial charge is 0.355 e. The fraction of sp³-hybridized carbons (Fsp3) is 0.389. The van der Waals surface area contributed by atoms with Gasteiger partial charge in [0.1, 0.15) is 11.5 Å². The molecule has 1 aromatic carbocycles. The molecule has 1 N–H and O–H groups in total. The Morgan fingerprint density at radius 1 is 1.09 bits per heavy atom. The van der Waals surface area contributed by atoms with Crippen LogP contribution in [0.15, 0.2) is 30.6 Å². The standard InChI is InChI=1S/C18H22N4O/c1-13-7-6-8-15(14(13)2)21-18(23)16-11-20-17(12-19-16)22-9-4-3-5-10-22/h6-8,11-12H,3-5,9-10H2,1-2H3,(H,21,23). The summed E-state index contributed by atoms with van der Waals surface area (Å²) in [5.74, 6) is 0.629. The average Bonchev–Trinajstić information content (AvgIpc) is 2.60. The van der Waals surface area contributed by atoms with Gasteiger partial charge >= 0.3 is 0 Å². The van der Waals surface area contributed by atoms with Crippen molar-refractivity contribution in [2.75, 3.05) is 23.3 Å². The molecule has 1 fully saturated rings. The number of nitrogens with zero attached hydrogens (tertiary/aromatic N) is 3. The van der Waals surface area contributed by atoms with Gasteiger partial charge in [-0.1, -0.05) is 12.1 Å². The molecule has 1 aromatic heterocycles. The van der Waals surface area contributed by atoms with Gasteiger partial charge in [-0.25, -0.2) is 9.97 Å². The third-order valence-electron chi connectivity index (χ3n) is 4.40. The molecule has 1 aliphatic rings. The molecular formula is C18H22N4O. The summed E-state index contributed by atoms with van der Waals surface area (Å²) in [6, 6.07) is 5.86. The molecule has 0 aliphatic carbocycles. The van der Waals surface area contributed by atoms with E-state index in [-0.39, 0.29) is 5.91 Å². The van der Waals surface area contributed by atoms with Crippen LogP contribution in [0.2, 0.25) is 0 Å². The second-order valence-electron chi connectivity index (χ2n) is 6.01. The molecule has 3 rings (SSSR count). The lowest BCUT2D eigenvalue weighted by Gasteiger charge is -2.27. The Labute approximate surface area is 136 Å². The van der Waals surface area contributed by atoms with Gasteiger partial charge in [-0.3, -0.25) is 4.79 Å². The number of hydrogen-bond acceptors (Lipinski definition) is 4. The SMILES string of the molecule is Cc1cccc(NC(=O)c2cnc(N3CCCCC3)cn2)c1C. The number of hydrogen-bond donors (Lipinski definition) is 1. The minimum atomic E-state index is -0.226. The van der Waals surface area contributed by atoms with E-state index in [9.17, 15) is 4.79 Å². The number of nitrogens with one attached hydrogen (secondary N) is 1. The van der Waals surface area contributed by atoms with E-state index in [2.05, 4.69) is 20.2 Å². The van der Waals surface area contributed by atoms with Gasteiger partial charge in [0.15, 0.2) is 0 Å². The van der Waals surface area contributed by atoms with Crippen molar-refractivity contribution < 1.29 is 4.79 Å². The van der Waals surface area contributed by atoms with E-state index < -0.39 is 0 Å². The minimum absolute atomic E-state index is 0.226. The first-order valence-electron chi connectivity index (χ1n) is 8.10. The number of amides is 1.